The molecule has 0 bridgehead atoms. The fourth-order valence-electron chi connectivity index (χ4n) is 4.55. The van der Waals surface area contributed by atoms with Gasteiger partial charge in [-0.05, 0) is 50.6 Å². The van der Waals surface area contributed by atoms with Gasteiger partial charge in [0.15, 0.2) is 5.82 Å². The third-order valence-electron chi connectivity index (χ3n) is 6.33. The average Bonchev–Trinajstić information content (AvgIpc) is 2.86. The van der Waals surface area contributed by atoms with Crippen molar-refractivity contribution in [1.82, 2.24) is 20.6 Å². The van der Waals surface area contributed by atoms with Gasteiger partial charge in [-0.2, -0.15) is 4.98 Å². The molecule has 2 aromatic rings. The monoisotopic (exact) mass is 453 g/mol. The zero-order valence-corrected chi connectivity index (χ0v) is 19.5. The van der Waals surface area contributed by atoms with Gasteiger partial charge in [-0.3, -0.25) is 9.59 Å². The molecule has 1 atom stereocenters. The molecule has 3 heterocycles. The lowest BCUT2D eigenvalue weighted by atomic mass is 9.98. The van der Waals surface area contributed by atoms with Crippen molar-refractivity contribution in [2.75, 3.05) is 49.4 Å². The summed E-state index contributed by atoms with van der Waals surface area (Å²) in [6.45, 7) is 3.87. The molecule has 1 aromatic carbocycles. The standard InChI is InChI=1S/C23H31N7O3/c1-5-17-22(32)29(3)18-13-26-23(28-20(18)30(17)15-8-10-25-11-9-15)27-16-7-6-14(21(31)24-2)12-19(16)33-4/h6-7,12-13,15,17,25H,5,8-11H2,1-4H3,(H,24,31)(H,26,27,28). The van der Waals surface area contributed by atoms with Gasteiger partial charge >= 0.3 is 0 Å². The number of methoxy groups -OCH3 is 1. The zero-order valence-electron chi connectivity index (χ0n) is 19.5. The minimum Gasteiger partial charge on any atom is -0.495 e. The van der Waals surface area contributed by atoms with Crippen LogP contribution in [0, 0.1) is 0 Å². The molecule has 10 nitrogen and oxygen atoms in total. The van der Waals surface area contributed by atoms with Crippen molar-refractivity contribution in [3.05, 3.63) is 30.0 Å². The molecule has 1 unspecified atom stereocenters. The lowest BCUT2D eigenvalue weighted by Gasteiger charge is -2.45. The summed E-state index contributed by atoms with van der Waals surface area (Å²) in [4.78, 5) is 38.2. The van der Waals surface area contributed by atoms with Gasteiger partial charge in [0.25, 0.3) is 5.91 Å². The number of aromatic nitrogens is 2. The number of hydrogen-bond donors (Lipinski definition) is 3. The number of piperidine rings is 1. The Labute approximate surface area is 193 Å². The molecule has 10 heteroatoms. The van der Waals surface area contributed by atoms with E-state index in [-0.39, 0.29) is 23.9 Å². The number of carbonyl (C=O) groups excluding carboxylic acids is 2. The first-order chi connectivity index (χ1) is 16.0. The van der Waals surface area contributed by atoms with E-state index in [1.165, 1.54) is 0 Å². The average molecular weight is 454 g/mol. The molecule has 0 aliphatic carbocycles. The highest BCUT2D eigenvalue weighted by Gasteiger charge is 2.40. The lowest BCUT2D eigenvalue weighted by Crippen LogP contribution is -2.58. The van der Waals surface area contributed by atoms with Crippen molar-refractivity contribution in [2.45, 2.75) is 38.3 Å². The Kier molecular flexibility index (Phi) is 6.64. The highest BCUT2D eigenvalue weighted by molar-refractivity contribution is 6.04. The third kappa shape index (κ3) is 4.30. The largest absolute Gasteiger partial charge is 0.495 e. The summed E-state index contributed by atoms with van der Waals surface area (Å²) in [5.41, 5.74) is 1.84. The topological polar surface area (TPSA) is 112 Å². The maximum Gasteiger partial charge on any atom is 0.251 e. The molecule has 1 saturated heterocycles. The number of hydrogen-bond acceptors (Lipinski definition) is 8. The first-order valence-corrected chi connectivity index (χ1v) is 11.3. The number of likely N-dealkylation sites (N-methyl/N-ethyl adjacent to an activating group) is 1. The van der Waals surface area contributed by atoms with Gasteiger partial charge in [-0.15, -0.1) is 0 Å². The molecule has 4 rings (SSSR count). The van der Waals surface area contributed by atoms with E-state index in [0.717, 1.165) is 31.7 Å². The summed E-state index contributed by atoms with van der Waals surface area (Å²) in [6.07, 6.45) is 4.30. The summed E-state index contributed by atoms with van der Waals surface area (Å²) in [7, 11) is 4.91. The third-order valence-corrected chi connectivity index (χ3v) is 6.33. The Hall–Kier alpha value is -3.40. The number of anilines is 4. The number of nitrogens with zero attached hydrogens (tertiary/aromatic N) is 4. The Bertz CT molecular complexity index is 1040. The molecule has 0 radical (unpaired) electrons. The molecular formula is C23H31N7O3. The van der Waals surface area contributed by atoms with E-state index >= 15 is 0 Å². The van der Waals surface area contributed by atoms with Crippen molar-refractivity contribution < 1.29 is 14.3 Å². The van der Waals surface area contributed by atoms with Crippen LogP contribution >= 0.6 is 0 Å². The number of nitrogens with one attached hydrogen (secondary N) is 3. The van der Waals surface area contributed by atoms with Crippen molar-refractivity contribution in [3.8, 4) is 5.75 Å². The zero-order chi connectivity index (χ0) is 23.5. The lowest BCUT2D eigenvalue weighted by molar-refractivity contribution is -0.120. The van der Waals surface area contributed by atoms with Gasteiger partial charge in [0.2, 0.25) is 11.9 Å². The van der Waals surface area contributed by atoms with Crippen LogP contribution in [0.5, 0.6) is 5.75 Å². The van der Waals surface area contributed by atoms with E-state index in [9.17, 15) is 9.59 Å². The first kappa shape index (κ1) is 22.8. The van der Waals surface area contributed by atoms with Crippen LogP contribution in [-0.4, -0.2) is 68.2 Å². The molecule has 2 aliphatic rings. The normalized spacial score (nSPS) is 18.7. The number of amides is 2. The maximum atomic E-state index is 13.1. The molecule has 33 heavy (non-hydrogen) atoms. The Morgan fingerprint density at radius 1 is 1.30 bits per heavy atom. The van der Waals surface area contributed by atoms with Gasteiger partial charge < -0.3 is 30.5 Å². The van der Waals surface area contributed by atoms with Crippen LogP contribution in [-0.2, 0) is 4.79 Å². The van der Waals surface area contributed by atoms with Crippen molar-refractivity contribution in [3.63, 3.8) is 0 Å². The Morgan fingerprint density at radius 3 is 2.73 bits per heavy atom. The molecule has 0 spiro atoms. The molecule has 1 aromatic heterocycles. The highest BCUT2D eigenvalue weighted by atomic mass is 16.5. The van der Waals surface area contributed by atoms with Crippen LogP contribution in [0.4, 0.5) is 23.1 Å². The second kappa shape index (κ2) is 9.62. The summed E-state index contributed by atoms with van der Waals surface area (Å²) in [6, 6.07) is 5.12. The predicted molar refractivity (Wildman–Crippen MR) is 128 cm³/mol. The van der Waals surface area contributed by atoms with Crippen LogP contribution < -0.4 is 30.5 Å². The SMILES string of the molecule is CCC1C(=O)N(C)c2cnc(Nc3ccc(C(=O)NC)cc3OC)nc2N1C1CCNCC1. The van der Waals surface area contributed by atoms with Crippen LogP contribution in [0.3, 0.4) is 0 Å². The molecule has 3 N–H and O–H groups in total. The van der Waals surface area contributed by atoms with Crippen LogP contribution in [0.15, 0.2) is 24.4 Å². The van der Waals surface area contributed by atoms with Crippen molar-refractivity contribution >= 4 is 35.0 Å². The van der Waals surface area contributed by atoms with Gasteiger partial charge in [0, 0.05) is 25.7 Å². The van der Waals surface area contributed by atoms with Crippen molar-refractivity contribution in [2.24, 2.45) is 0 Å². The fourth-order valence-corrected chi connectivity index (χ4v) is 4.55. The number of ether oxygens (including phenoxy) is 1. The van der Waals surface area contributed by atoms with E-state index in [4.69, 9.17) is 9.72 Å². The van der Waals surface area contributed by atoms with Crippen LogP contribution in [0.1, 0.15) is 36.5 Å². The van der Waals surface area contributed by atoms with E-state index in [1.54, 1.807) is 50.5 Å². The van der Waals surface area contributed by atoms with E-state index in [0.29, 0.717) is 35.1 Å². The summed E-state index contributed by atoms with van der Waals surface area (Å²) >= 11 is 0. The van der Waals surface area contributed by atoms with E-state index in [2.05, 4.69) is 25.8 Å². The molecule has 1 fully saturated rings. The predicted octanol–water partition coefficient (Wildman–Crippen LogP) is 1.90. The van der Waals surface area contributed by atoms with E-state index < -0.39 is 0 Å². The molecule has 0 saturated carbocycles. The first-order valence-electron chi connectivity index (χ1n) is 11.3. The quantitative estimate of drug-likeness (QED) is 0.608. The van der Waals surface area contributed by atoms with Gasteiger partial charge in [0.1, 0.15) is 17.5 Å². The van der Waals surface area contributed by atoms with E-state index in [1.807, 2.05) is 6.92 Å². The summed E-state index contributed by atoms with van der Waals surface area (Å²) in [5, 5.41) is 9.22. The minimum atomic E-state index is -0.255. The molecule has 2 amide bonds. The van der Waals surface area contributed by atoms with Crippen LogP contribution in [0.25, 0.3) is 0 Å². The second-order valence-corrected chi connectivity index (χ2v) is 8.23. The molecule has 176 valence electrons. The van der Waals surface area contributed by atoms with Gasteiger partial charge in [-0.25, -0.2) is 4.98 Å². The molecule has 2 aliphatic heterocycles. The second-order valence-electron chi connectivity index (χ2n) is 8.23. The van der Waals surface area contributed by atoms with Crippen molar-refractivity contribution in [1.29, 1.82) is 0 Å². The summed E-state index contributed by atoms with van der Waals surface area (Å²) < 4.78 is 5.48. The molecular weight excluding hydrogens is 422 g/mol. The van der Waals surface area contributed by atoms with Gasteiger partial charge in [0.05, 0.1) is 19.0 Å². The Balaban J connectivity index is 1.70. The van der Waals surface area contributed by atoms with Crippen LogP contribution in [0.2, 0.25) is 0 Å². The van der Waals surface area contributed by atoms with Gasteiger partial charge in [-0.1, -0.05) is 6.92 Å². The smallest absolute Gasteiger partial charge is 0.251 e. The minimum absolute atomic E-state index is 0.0688. The number of carbonyl (C=O) groups is 2. The summed E-state index contributed by atoms with van der Waals surface area (Å²) in [5.74, 6) is 1.54. The highest BCUT2D eigenvalue weighted by Crippen LogP contribution is 2.38. The fraction of sp³-hybridized carbons (Fsp3) is 0.478. The number of fused-ring (bicyclic) bond motifs is 1. The number of rotatable bonds is 6. The number of benzene rings is 1. The maximum absolute atomic E-state index is 13.1. The Morgan fingerprint density at radius 2 is 2.06 bits per heavy atom.